The van der Waals surface area contributed by atoms with Gasteiger partial charge in [-0.1, -0.05) is 24.3 Å². The number of aromatic nitrogens is 1. The van der Waals surface area contributed by atoms with Crippen LogP contribution in [0.4, 0.5) is 5.69 Å². The Balaban J connectivity index is 1.94. The highest BCUT2D eigenvalue weighted by Gasteiger charge is 2.30. The van der Waals surface area contributed by atoms with Gasteiger partial charge in [-0.15, -0.1) is 0 Å². The van der Waals surface area contributed by atoms with Gasteiger partial charge in [-0.25, -0.2) is 13.1 Å². The lowest BCUT2D eigenvalue weighted by molar-refractivity contribution is -0.388. The number of sulfonamides is 1. The molecule has 0 radical (unpaired) electrons. The molecule has 3 aromatic rings. The van der Waals surface area contributed by atoms with Crippen LogP contribution in [0.15, 0.2) is 47.5 Å². The van der Waals surface area contributed by atoms with Crippen LogP contribution in [-0.4, -0.2) is 29.9 Å². The van der Waals surface area contributed by atoms with Crippen LogP contribution in [0.2, 0.25) is 0 Å². The Labute approximate surface area is 173 Å². The van der Waals surface area contributed by atoms with Gasteiger partial charge in [-0.2, -0.15) is 0 Å². The highest BCUT2D eigenvalue weighted by molar-refractivity contribution is 7.89. The molecule has 0 unspecified atom stereocenters. The van der Waals surface area contributed by atoms with Crippen molar-refractivity contribution in [3.05, 3.63) is 69.4 Å². The van der Waals surface area contributed by atoms with Gasteiger partial charge in [0.1, 0.15) is 0 Å². The van der Waals surface area contributed by atoms with Crippen LogP contribution in [0.1, 0.15) is 28.4 Å². The van der Waals surface area contributed by atoms with E-state index in [0.717, 1.165) is 5.52 Å². The molecule has 0 saturated carbocycles. The SMILES string of the molecule is Cc1cc(C)c(S(=O)(=O)N[C@@H](C)Cn2cc(C(N)=O)c3ccccc32)c([N+](=O)[O-])c1. The zero-order valence-corrected chi connectivity index (χ0v) is 17.6. The van der Waals surface area contributed by atoms with Crippen LogP contribution in [0.5, 0.6) is 0 Å². The van der Waals surface area contributed by atoms with Gasteiger partial charge in [0.25, 0.3) is 11.6 Å². The second-order valence-electron chi connectivity index (χ2n) is 7.29. The Kier molecular flexibility index (Phi) is 5.64. The lowest BCUT2D eigenvalue weighted by Gasteiger charge is -2.17. The molecule has 158 valence electrons. The largest absolute Gasteiger partial charge is 0.366 e. The maximum atomic E-state index is 13.0. The average Bonchev–Trinajstić information content (AvgIpc) is 2.99. The number of benzene rings is 2. The second-order valence-corrected chi connectivity index (χ2v) is 8.94. The predicted molar refractivity (Wildman–Crippen MR) is 113 cm³/mol. The van der Waals surface area contributed by atoms with E-state index >= 15 is 0 Å². The lowest BCUT2D eigenvalue weighted by Crippen LogP contribution is -2.36. The molecule has 1 aromatic heterocycles. The summed E-state index contributed by atoms with van der Waals surface area (Å²) in [6.07, 6.45) is 1.58. The summed E-state index contributed by atoms with van der Waals surface area (Å²) < 4.78 is 30.2. The number of hydrogen-bond acceptors (Lipinski definition) is 5. The number of carbonyl (C=O) groups excluding carboxylic acids is 1. The third kappa shape index (κ3) is 4.05. The number of para-hydroxylation sites is 1. The first kappa shape index (κ1) is 21.5. The van der Waals surface area contributed by atoms with E-state index in [2.05, 4.69) is 4.72 Å². The number of primary amides is 1. The molecule has 1 heterocycles. The first-order chi connectivity index (χ1) is 14.0. The zero-order chi connectivity index (χ0) is 22.2. The van der Waals surface area contributed by atoms with Gasteiger partial charge in [0.2, 0.25) is 10.0 Å². The predicted octanol–water partition coefficient (Wildman–Crippen LogP) is 2.63. The molecular weight excluding hydrogens is 408 g/mol. The number of amides is 1. The highest BCUT2D eigenvalue weighted by atomic mass is 32.2. The van der Waals surface area contributed by atoms with Crippen molar-refractivity contribution in [1.29, 1.82) is 0 Å². The minimum absolute atomic E-state index is 0.200. The number of aryl methyl sites for hydroxylation is 2. The zero-order valence-electron chi connectivity index (χ0n) is 16.7. The lowest BCUT2D eigenvalue weighted by atomic mass is 10.1. The van der Waals surface area contributed by atoms with E-state index in [1.54, 1.807) is 54.9 Å². The fourth-order valence-electron chi connectivity index (χ4n) is 3.67. The van der Waals surface area contributed by atoms with Crippen molar-refractivity contribution in [2.75, 3.05) is 0 Å². The quantitative estimate of drug-likeness (QED) is 0.438. The number of carbonyl (C=O) groups is 1. The summed E-state index contributed by atoms with van der Waals surface area (Å²) in [7, 11) is -4.16. The molecule has 1 atom stereocenters. The fraction of sp³-hybridized carbons (Fsp3) is 0.250. The van der Waals surface area contributed by atoms with Crippen LogP contribution >= 0.6 is 0 Å². The van der Waals surface area contributed by atoms with Crippen LogP contribution in [-0.2, 0) is 16.6 Å². The number of nitrogens with zero attached hydrogens (tertiary/aromatic N) is 2. The average molecular weight is 430 g/mol. The molecule has 10 heteroatoms. The normalized spacial score (nSPS) is 12.8. The first-order valence-electron chi connectivity index (χ1n) is 9.17. The topological polar surface area (TPSA) is 137 Å². The van der Waals surface area contributed by atoms with Crippen LogP contribution < -0.4 is 10.5 Å². The van der Waals surface area contributed by atoms with Gasteiger partial charge < -0.3 is 10.3 Å². The van der Waals surface area contributed by atoms with Gasteiger partial charge in [0.15, 0.2) is 4.90 Å². The molecule has 0 saturated heterocycles. The summed E-state index contributed by atoms with van der Waals surface area (Å²) >= 11 is 0. The molecular formula is C20H22N4O5S. The number of nitrogens with one attached hydrogen (secondary N) is 1. The smallest absolute Gasteiger partial charge is 0.289 e. The molecule has 0 spiro atoms. The molecule has 9 nitrogen and oxygen atoms in total. The van der Waals surface area contributed by atoms with E-state index < -0.39 is 32.6 Å². The minimum Gasteiger partial charge on any atom is -0.366 e. The second kappa shape index (κ2) is 7.88. The molecule has 30 heavy (non-hydrogen) atoms. The van der Waals surface area contributed by atoms with E-state index in [0.29, 0.717) is 22.1 Å². The standard InChI is InChI=1S/C20H22N4O5S/c1-12-8-13(2)19(18(9-12)24(26)27)30(28,29)22-14(3)10-23-11-16(20(21)25)15-6-4-5-7-17(15)23/h4-9,11,14,22H,10H2,1-3H3,(H2,21,25)/t14-/m0/s1. The third-order valence-electron chi connectivity index (χ3n) is 4.75. The Morgan fingerprint density at radius 1 is 1.27 bits per heavy atom. The Morgan fingerprint density at radius 2 is 1.93 bits per heavy atom. The third-order valence-corrected chi connectivity index (χ3v) is 6.53. The summed E-state index contributed by atoms with van der Waals surface area (Å²) in [6.45, 7) is 5.04. The van der Waals surface area contributed by atoms with Gasteiger partial charge >= 0.3 is 0 Å². The van der Waals surface area contributed by atoms with E-state index in [1.165, 1.54) is 13.0 Å². The van der Waals surface area contributed by atoms with Crippen molar-refractivity contribution < 1.29 is 18.1 Å². The number of nitro groups is 1. The summed E-state index contributed by atoms with van der Waals surface area (Å²) in [5.41, 5.74) is 6.95. The summed E-state index contributed by atoms with van der Waals surface area (Å²) in [6, 6.07) is 9.36. The molecule has 2 aromatic carbocycles. The van der Waals surface area contributed by atoms with Crippen molar-refractivity contribution in [2.45, 2.75) is 38.3 Å². The van der Waals surface area contributed by atoms with E-state index in [1.807, 2.05) is 0 Å². The van der Waals surface area contributed by atoms with Crippen molar-refractivity contribution in [2.24, 2.45) is 5.73 Å². The molecule has 3 N–H and O–H groups in total. The number of nitro benzene ring substituents is 1. The summed E-state index contributed by atoms with van der Waals surface area (Å²) in [4.78, 5) is 22.1. The Morgan fingerprint density at radius 3 is 2.57 bits per heavy atom. The molecule has 0 aliphatic heterocycles. The molecule has 0 bridgehead atoms. The Bertz CT molecular complexity index is 1260. The van der Waals surface area contributed by atoms with Crippen LogP contribution in [0.3, 0.4) is 0 Å². The maximum Gasteiger partial charge on any atom is 0.289 e. The van der Waals surface area contributed by atoms with Crippen LogP contribution in [0.25, 0.3) is 10.9 Å². The van der Waals surface area contributed by atoms with E-state index in [9.17, 15) is 23.3 Å². The number of hydrogen-bond donors (Lipinski definition) is 2. The molecule has 3 rings (SSSR count). The molecule has 0 aliphatic carbocycles. The number of rotatable bonds is 7. The monoisotopic (exact) mass is 430 g/mol. The highest BCUT2D eigenvalue weighted by Crippen LogP contribution is 2.29. The first-order valence-corrected chi connectivity index (χ1v) is 10.6. The number of fused-ring (bicyclic) bond motifs is 1. The van der Waals surface area contributed by atoms with E-state index in [4.69, 9.17) is 5.73 Å². The summed E-state index contributed by atoms with van der Waals surface area (Å²) in [5, 5.41) is 12.1. The minimum atomic E-state index is -4.16. The van der Waals surface area contributed by atoms with Crippen molar-refractivity contribution in [3.8, 4) is 0 Å². The van der Waals surface area contributed by atoms with E-state index in [-0.39, 0.29) is 11.4 Å². The van der Waals surface area contributed by atoms with Gasteiger partial charge in [-0.3, -0.25) is 14.9 Å². The summed E-state index contributed by atoms with van der Waals surface area (Å²) in [5.74, 6) is -0.580. The van der Waals surface area contributed by atoms with Gasteiger partial charge in [0.05, 0.1) is 10.5 Å². The van der Waals surface area contributed by atoms with Crippen LogP contribution in [0, 0.1) is 24.0 Å². The molecule has 0 fully saturated rings. The fourth-order valence-corrected chi connectivity index (χ4v) is 5.28. The van der Waals surface area contributed by atoms with Crippen molar-refractivity contribution >= 4 is 32.5 Å². The number of nitrogens with two attached hydrogens (primary N) is 1. The van der Waals surface area contributed by atoms with Crippen molar-refractivity contribution in [3.63, 3.8) is 0 Å². The van der Waals surface area contributed by atoms with Crippen molar-refractivity contribution in [1.82, 2.24) is 9.29 Å². The maximum absolute atomic E-state index is 13.0. The molecule has 0 aliphatic rings. The molecule has 1 amide bonds. The Hall–Kier alpha value is -3.24. The van der Waals surface area contributed by atoms with Gasteiger partial charge in [-0.05, 0) is 38.0 Å². The van der Waals surface area contributed by atoms with Gasteiger partial charge in [0, 0.05) is 35.8 Å².